The third kappa shape index (κ3) is 12.3. The molecule has 2 rings (SSSR count). The van der Waals surface area contributed by atoms with Gasteiger partial charge in [-0.3, -0.25) is 0 Å². The van der Waals surface area contributed by atoms with Gasteiger partial charge in [0.2, 0.25) is 0 Å². The van der Waals surface area contributed by atoms with Gasteiger partial charge in [0.15, 0.2) is 0 Å². The van der Waals surface area contributed by atoms with Crippen molar-refractivity contribution in [2.45, 2.75) is 149 Å². The Bertz CT molecular complexity index is 828. The molecule has 0 aromatic heterocycles. The summed E-state index contributed by atoms with van der Waals surface area (Å²) in [5.41, 5.74) is 2.51. The molecule has 0 radical (unpaired) electrons. The van der Waals surface area contributed by atoms with Crippen molar-refractivity contribution in [3.05, 3.63) is 59.7 Å². The van der Waals surface area contributed by atoms with E-state index in [0.717, 1.165) is 25.7 Å². The van der Waals surface area contributed by atoms with Gasteiger partial charge in [0.25, 0.3) is 0 Å². The van der Waals surface area contributed by atoms with Crippen LogP contribution >= 0.6 is 7.28 Å². The first-order valence-corrected chi connectivity index (χ1v) is 18.8. The second kappa shape index (κ2) is 19.8. The zero-order valence-electron chi connectivity index (χ0n) is 26.2. The Morgan fingerprint density at radius 2 is 0.775 bits per heavy atom. The molecule has 0 aliphatic carbocycles. The van der Waals surface area contributed by atoms with Crippen LogP contribution in [0.1, 0.15) is 147 Å². The molecule has 2 N–H and O–H groups in total. The molecule has 0 amide bonds. The van der Waals surface area contributed by atoms with Crippen molar-refractivity contribution in [2.24, 2.45) is 0 Å². The predicted octanol–water partition coefficient (Wildman–Crippen LogP) is 10.1. The van der Waals surface area contributed by atoms with E-state index >= 15 is 0 Å². The summed E-state index contributed by atoms with van der Waals surface area (Å²) in [6.45, 7) is 7.08. The van der Waals surface area contributed by atoms with Crippen LogP contribution < -0.4 is 10.6 Å². The molecule has 0 fully saturated rings. The third-order valence-electron chi connectivity index (χ3n) is 8.28. The van der Waals surface area contributed by atoms with E-state index in [-0.39, 0.29) is 0 Å². The molecule has 0 atom stereocenters. The summed E-state index contributed by atoms with van der Waals surface area (Å²) in [6, 6.07) is 15.9. The molecule has 0 saturated carbocycles. The average molecular weight is 573 g/mol. The van der Waals surface area contributed by atoms with Crippen LogP contribution in [0.5, 0.6) is 0 Å². The second-order valence-corrected chi connectivity index (χ2v) is 15.1. The molecule has 4 heteroatoms. The summed E-state index contributed by atoms with van der Waals surface area (Å²) < 4.78 is 6.19. The third-order valence-corrected chi connectivity index (χ3v) is 11.4. The normalized spacial score (nSPS) is 12.9. The van der Waals surface area contributed by atoms with Gasteiger partial charge in [0.1, 0.15) is 0 Å². The molecule has 0 heterocycles. The van der Waals surface area contributed by atoms with Crippen LogP contribution in [0.3, 0.4) is 0 Å². The SMILES string of the molecule is CCCCCCCCOP(O)(O)(c1ccc(CCCCCCCC)cc1)c1ccc(CCCCCCCC)cc1. The Morgan fingerprint density at radius 3 is 1.15 bits per heavy atom. The quantitative estimate of drug-likeness (QED) is 0.0972. The number of rotatable bonds is 24. The van der Waals surface area contributed by atoms with Crippen LogP contribution in [0.15, 0.2) is 48.5 Å². The van der Waals surface area contributed by atoms with Crippen molar-refractivity contribution in [3.8, 4) is 0 Å². The van der Waals surface area contributed by atoms with Gasteiger partial charge in [-0.1, -0.05) is 0 Å². The summed E-state index contributed by atoms with van der Waals surface area (Å²) >= 11 is 0. The van der Waals surface area contributed by atoms with E-state index in [9.17, 15) is 9.79 Å². The van der Waals surface area contributed by atoms with Crippen LogP contribution in [0.4, 0.5) is 0 Å². The topological polar surface area (TPSA) is 49.7 Å². The van der Waals surface area contributed by atoms with E-state index in [1.165, 1.54) is 114 Å². The van der Waals surface area contributed by atoms with Gasteiger partial charge in [0, 0.05) is 0 Å². The molecule has 0 bridgehead atoms. The standard InChI is InChI=1S/C36H61O3P/c1-4-7-10-13-16-19-22-33-24-28-35(29-25-33)40(37,38,39-32-21-18-15-12-9-6-3)36-30-26-34(27-31-36)23-20-17-14-11-8-5-2/h24-31,37-38H,4-23,32H2,1-3H3. The fraction of sp³-hybridized carbons (Fsp3) is 0.667. The first-order chi connectivity index (χ1) is 19.4. The van der Waals surface area contributed by atoms with Crippen molar-refractivity contribution in [1.82, 2.24) is 0 Å². The summed E-state index contributed by atoms with van der Waals surface area (Å²) in [4.78, 5) is 24.2. The molecule has 2 aromatic carbocycles. The fourth-order valence-corrected chi connectivity index (χ4v) is 7.94. The Labute approximate surface area is 247 Å². The molecule has 0 spiro atoms. The van der Waals surface area contributed by atoms with Gasteiger partial charge in [-0.15, -0.1) is 0 Å². The van der Waals surface area contributed by atoms with E-state index in [1.807, 2.05) is 24.3 Å². The molecule has 0 aliphatic heterocycles. The summed E-state index contributed by atoms with van der Waals surface area (Å²) in [6.07, 6.45) is 24.2. The van der Waals surface area contributed by atoms with E-state index in [1.54, 1.807) is 0 Å². The molecule has 0 unspecified atom stereocenters. The number of unbranched alkanes of at least 4 members (excludes halogenated alkanes) is 15. The fourth-order valence-electron chi connectivity index (χ4n) is 5.50. The molecule has 3 nitrogen and oxygen atoms in total. The summed E-state index contributed by atoms with van der Waals surface area (Å²) in [5.74, 6) is 0. The minimum atomic E-state index is -4.73. The maximum atomic E-state index is 12.1. The Balaban J connectivity index is 2.08. The minimum absolute atomic E-state index is 0.357. The Morgan fingerprint density at radius 1 is 0.450 bits per heavy atom. The first kappa shape index (κ1) is 34.9. The monoisotopic (exact) mass is 572 g/mol. The molecular weight excluding hydrogens is 511 g/mol. The van der Waals surface area contributed by atoms with Crippen molar-refractivity contribution in [1.29, 1.82) is 0 Å². The van der Waals surface area contributed by atoms with Gasteiger partial charge in [0.05, 0.1) is 0 Å². The van der Waals surface area contributed by atoms with E-state index < -0.39 is 7.28 Å². The van der Waals surface area contributed by atoms with Crippen molar-refractivity contribution >= 4 is 17.9 Å². The molecule has 2 aromatic rings. The van der Waals surface area contributed by atoms with Gasteiger partial charge in [-0.25, -0.2) is 0 Å². The zero-order chi connectivity index (χ0) is 29.0. The molecule has 228 valence electrons. The summed E-state index contributed by atoms with van der Waals surface area (Å²) in [5, 5.41) is 1.01. The van der Waals surface area contributed by atoms with Crippen LogP contribution in [0, 0.1) is 0 Å². The van der Waals surface area contributed by atoms with E-state index in [2.05, 4.69) is 45.0 Å². The van der Waals surface area contributed by atoms with Crippen LogP contribution in [-0.2, 0) is 17.4 Å². The van der Waals surface area contributed by atoms with Crippen molar-refractivity contribution in [3.63, 3.8) is 0 Å². The van der Waals surface area contributed by atoms with Crippen LogP contribution in [0.25, 0.3) is 0 Å². The number of aryl methyl sites for hydroxylation is 2. The maximum absolute atomic E-state index is 12.1. The number of hydrogen-bond donors (Lipinski definition) is 2. The predicted molar refractivity (Wildman–Crippen MR) is 177 cm³/mol. The van der Waals surface area contributed by atoms with Gasteiger partial charge >= 0.3 is 248 Å². The number of benzene rings is 2. The van der Waals surface area contributed by atoms with E-state index in [0.29, 0.717) is 17.2 Å². The van der Waals surface area contributed by atoms with Gasteiger partial charge in [-0.05, 0) is 0 Å². The Hall–Kier alpha value is -1.25. The number of hydrogen-bond acceptors (Lipinski definition) is 3. The first-order valence-electron chi connectivity index (χ1n) is 16.8. The van der Waals surface area contributed by atoms with Gasteiger partial charge in [-0.2, -0.15) is 0 Å². The summed E-state index contributed by atoms with van der Waals surface area (Å²) in [7, 11) is -4.73. The van der Waals surface area contributed by atoms with Crippen molar-refractivity contribution in [2.75, 3.05) is 6.61 Å². The van der Waals surface area contributed by atoms with Gasteiger partial charge < -0.3 is 0 Å². The van der Waals surface area contributed by atoms with Crippen molar-refractivity contribution < 1.29 is 14.3 Å². The molecule has 0 aliphatic rings. The molecular formula is C36H61O3P. The second-order valence-electron chi connectivity index (χ2n) is 11.9. The molecule has 0 saturated heterocycles. The Kier molecular flexibility index (Phi) is 17.3. The molecule has 40 heavy (non-hydrogen) atoms. The van der Waals surface area contributed by atoms with Crippen LogP contribution in [-0.4, -0.2) is 16.4 Å². The van der Waals surface area contributed by atoms with Crippen LogP contribution in [0.2, 0.25) is 0 Å². The zero-order valence-corrected chi connectivity index (χ0v) is 27.1. The van der Waals surface area contributed by atoms with E-state index in [4.69, 9.17) is 4.52 Å². The average Bonchev–Trinajstić information content (AvgIpc) is 2.97.